The summed E-state index contributed by atoms with van der Waals surface area (Å²) in [6.45, 7) is 11.4. The Bertz CT molecular complexity index is 452. The summed E-state index contributed by atoms with van der Waals surface area (Å²) in [6, 6.07) is 0. The minimum absolute atomic E-state index is 0.261. The van der Waals surface area contributed by atoms with Gasteiger partial charge in [-0.25, -0.2) is 0 Å². The Balaban J connectivity index is 2.27. The van der Waals surface area contributed by atoms with Gasteiger partial charge in [0, 0.05) is 0 Å². The van der Waals surface area contributed by atoms with Gasteiger partial charge in [-0.3, -0.25) is 4.79 Å². The molecule has 0 aromatic carbocycles. The summed E-state index contributed by atoms with van der Waals surface area (Å²) in [4.78, 5) is 12.1. The molecule has 0 amide bonds. The zero-order valence-corrected chi connectivity index (χ0v) is 12.5. The van der Waals surface area contributed by atoms with Crippen LogP contribution in [-0.2, 0) is 4.79 Å². The van der Waals surface area contributed by atoms with Crippen LogP contribution in [0.15, 0.2) is 11.1 Å². The first-order valence-electron chi connectivity index (χ1n) is 7.47. The second-order valence-corrected chi connectivity index (χ2v) is 8.04. The van der Waals surface area contributed by atoms with Crippen molar-refractivity contribution >= 4 is 5.78 Å². The highest BCUT2D eigenvalue weighted by Gasteiger charge is 2.65. The minimum Gasteiger partial charge on any atom is -0.295 e. The molecule has 0 radical (unpaired) electrons. The second kappa shape index (κ2) is 3.29. The molecule has 0 N–H and O–H groups in total. The van der Waals surface area contributed by atoms with Crippen molar-refractivity contribution in [3.05, 3.63) is 11.1 Å². The predicted molar refractivity (Wildman–Crippen MR) is 74.3 cm³/mol. The standard InChI is InChI=1S/C17H26O/c1-11(18)13-7-8-15(2,3)17-9-6-12(10-17)16(4,5)14(13)17/h12H,6-10H2,1-5H3/t12-,17-/m0/s1. The second-order valence-electron chi connectivity index (χ2n) is 8.04. The van der Waals surface area contributed by atoms with E-state index in [-0.39, 0.29) is 5.41 Å². The van der Waals surface area contributed by atoms with E-state index in [0.29, 0.717) is 16.6 Å². The number of carbonyl (C=O) groups is 1. The zero-order valence-electron chi connectivity index (χ0n) is 12.5. The van der Waals surface area contributed by atoms with Crippen LogP contribution in [0.5, 0.6) is 0 Å². The lowest BCUT2D eigenvalue weighted by Gasteiger charge is -2.52. The number of Topliss-reactive ketones (excluding diaryl/α,β-unsaturated/α-hetero) is 1. The molecule has 1 nitrogen and oxygen atoms in total. The highest BCUT2D eigenvalue weighted by molar-refractivity contribution is 5.95. The maximum absolute atomic E-state index is 12.1. The molecule has 2 bridgehead atoms. The van der Waals surface area contributed by atoms with Crippen LogP contribution in [0.4, 0.5) is 0 Å². The number of hydrogen-bond acceptors (Lipinski definition) is 1. The summed E-state index contributed by atoms with van der Waals surface area (Å²) in [5.41, 5.74) is 3.75. The summed E-state index contributed by atoms with van der Waals surface area (Å²) in [6.07, 6.45) is 6.22. The van der Waals surface area contributed by atoms with Crippen molar-refractivity contribution in [2.75, 3.05) is 0 Å². The number of allylic oxidation sites excluding steroid dienone is 2. The molecule has 0 aromatic rings. The molecule has 0 aromatic heterocycles. The van der Waals surface area contributed by atoms with Gasteiger partial charge in [-0.05, 0) is 66.8 Å². The van der Waals surface area contributed by atoms with E-state index in [9.17, 15) is 4.79 Å². The molecule has 3 aliphatic rings. The molecule has 0 heterocycles. The molecule has 2 saturated carbocycles. The van der Waals surface area contributed by atoms with Gasteiger partial charge in [0.15, 0.2) is 5.78 Å². The van der Waals surface area contributed by atoms with Crippen molar-refractivity contribution in [3.8, 4) is 0 Å². The van der Waals surface area contributed by atoms with Gasteiger partial charge in [-0.15, -0.1) is 0 Å². The fourth-order valence-corrected chi connectivity index (χ4v) is 5.49. The molecule has 1 heteroatoms. The maximum Gasteiger partial charge on any atom is 0.155 e. The summed E-state index contributed by atoms with van der Waals surface area (Å²) >= 11 is 0. The zero-order chi connectivity index (χ0) is 13.3. The molecule has 0 saturated heterocycles. The third kappa shape index (κ3) is 1.21. The van der Waals surface area contributed by atoms with Crippen molar-refractivity contribution in [1.82, 2.24) is 0 Å². The van der Waals surface area contributed by atoms with E-state index >= 15 is 0 Å². The molecule has 2 atom stereocenters. The Labute approximate surface area is 111 Å². The van der Waals surface area contributed by atoms with Gasteiger partial charge < -0.3 is 0 Å². The lowest BCUT2D eigenvalue weighted by molar-refractivity contribution is -0.114. The smallest absolute Gasteiger partial charge is 0.155 e. The highest BCUT2D eigenvalue weighted by atomic mass is 16.1. The highest BCUT2D eigenvalue weighted by Crippen LogP contribution is 2.74. The first-order chi connectivity index (χ1) is 8.22. The van der Waals surface area contributed by atoms with Gasteiger partial charge in [0.1, 0.15) is 0 Å². The molecule has 18 heavy (non-hydrogen) atoms. The van der Waals surface area contributed by atoms with Crippen molar-refractivity contribution in [2.24, 2.45) is 22.2 Å². The van der Waals surface area contributed by atoms with Crippen molar-refractivity contribution in [1.29, 1.82) is 0 Å². The first-order valence-corrected chi connectivity index (χ1v) is 7.47. The lowest BCUT2D eigenvalue weighted by Crippen LogP contribution is -2.43. The molecule has 3 rings (SSSR count). The largest absolute Gasteiger partial charge is 0.295 e. The van der Waals surface area contributed by atoms with Crippen LogP contribution in [0.1, 0.15) is 66.7 Å². The van der Waals surface area contributed by atoms with Crippen molar-refractivity contribution in [2.45, 2.75) is 66.7 Å². The Morgan fingerprint density at radius 3 is 2.44 bits per heavy atom. The summed E-state index contributed by atoms with van der Waals surface area (Å²) in [7, 11) is 0. The lowest BCUT2D eigenvalue weighted by atomic mass is 9.52. The predicted octanol–water partition coefficient (Wildman–Crippen LogP) is 4.52. The monoisotopic (exact) mass is 246 g/mol. The number of fused-ring (bicyclic) bond motifs is 1. The number of hydrogen-bond donors (Lipinski definition) is 0. The fraction of sp³-hybridized carbons (Fsp3) is 0.824. The van der Waals surface area contributed by atoms with Gasteiger partial charge in [-0.1, -0.05) is 33.3 Å². The average molecular weight is 246 g/mol. The van der Waals surface area contributed by atoms with Gasteiger partial charge in [0.05, 0.1) is 0 Å². The Hall–Kier alpha value is -0.590. The number of carbonyl (C=O) groups excluding carboxylic acids is 1. The third-order valence-corrected chi connectivity index (χ3v) is 6.68. The average Bonchev–Trinajstić information content (AvgIpc) is 2.75. The van der Waals surface area contributed by atoms with Gasteiger partial charge in [-0.2, -0.15) is 0 Å². The molecule has 2 fully saturated rings. The van der Waals surface area contributed by atoms with E-state index in [1.807, 2.05) is 0 Å². The van der Waals surface area contributed by atoms with Crippen LogP contribution in [0.2, 0.25) is 0 Å². The van der Waals surface area contributed by atoms with Crippen LogP contribution in [0.3, 0.4) is 0 Å². The molecule has 0 aliphatic heterocycles. The van der Waals surface area contributed by atoms with E-state index in [4.69, 9.17) is 0 Å². The maximum atomic E-state index is 12.1. The summed E-state index contributed by atoms with van der Waals surface area (Å²) in [5, 5.41) is 0. The van der Waals surface area contributed by atoms with Crippen LogP contribution in [0, 0.1) is 22.2 Å². The van der Waals surface area contributed by atoms with E-state index in [1.54, 1.807) is 12.5 Å². The van der Waals surface area contributed by atoms with Crippen LogP contribution in [-0.4, -0.2) is 5.78 Å². The Morgan fingerprint density at radius 1 is 1.17 bits per heavy atom. The Kier molecular flexibility index (Phi) is 2.28. The van der Waals surface area contributed by atoms with Crippen LogP contribution < -0.4 is 0 Å². The topological polar surface area (TPSA) is 17.1 Å². The van der Waals surface area contributed by atoms with Crippen molar-refractivity contribution in [3.63, 3.8) is 0 Å². The SMILES string of the molecule is CC(=O)C1=C2C(C)(C)[C@H]3CC[C@@]2(C3)C(C)(C)CC1. The van der Waals surface area contributed by atoms with Gasteiger partial charge >= 0.3 is 0 Å². The normalized spacial score (nSPS) is 39.9. The fourth-order valence-electron chi connectivity index (χ4n) is 5.49. The van der Waals surface area contributed by atoms with Crippen LogP contribution in [0.25, 0.3) is 0 Å². The molecule has 1 spiro atoms. The minimum atomic E-state index is 0.261. The van der Waals surface area contributed by atoms with E-state index < -0.39 is 0 Å². The third-order valence-electron chi connectivity index (χ3n) is 6.68. The van der Waals surface area contributed by atoms with E-state index in [1.165, 1.54) is 31.3 Å². The number of rotatable bonds is 1. The molecule has 100 valence electrons. The summed E-state index contributed by atoms with van der Waals surface area (Å²) in [5.74, 6) is 1.14. The van der Waals surface area contributed by atoms with Gasteiger partial charge in [0.25, 0.3) is 0 Å². The quantitative estimate of drug-likeness (QED) is 0.665. The molecule has 0 unspecified atom stereocenters. The first kappa shape index (κ1) is 12.4. The number of ketones is 1. The molecule has 3 aliphatic carbocycles. The van der Waals surface area contributed by atoms with Crippen molar-refractivity contribution < 1.29 is 4.79 Å². The van der Waals surface area contributed by atoms with E-state index in [2.05, 4.69) is 27.7 Å². The van der Waals surface area contributed by atoms with E-state index in [0.717, 1.165) is 12.3 Å². The Morgan fingerprint density at radius 2 is 1.83 bits per heavy atom. The summed E-state index contributed by atoms with van der Waals surface area (Å²) < 4.78 is 0. The van der Waals surface area contributed by atoms with Crippen LogP contribution >= 0.6 is 0 Å². The molecular weight excluding hydrogens is 220 g/mol. The molecular formula is C17H26O. The van der Waals surface area contributed by atoms with Gasteiger partial charge in [0.2, 0.25) is 0 Å².